The maximum Gasteiger partial charge on any atom is 0.184 e. The van der Waals surface area contributed by atoms with Crippen LogP contribution < -0.4 is 4.90 Å². The molecule has 1 fully saturated rings. The lowest BCUT2D eigenvalue weighted by Crippen LogP contribution is -2.66. The molecule has 0 aromatic heterocycles. The van der Waals surface area contributed by atoms with Crippen molar-refractivity contribution in [1.29, 1.82) is 0 Å². The topological polar surface area (TPSA) is 123 Å². The van der Waals surface area contributed by atoms with E-state index < -0.39 is 30.6 Å². The number of rotatable bonds is 18. The summed E-state index contributed by atoms with van der Waals surface area (Å²) in [5.74, 6) is 0.454. The number of para-hydroxylation sites is 1. The SMILES string of the molecule is C=C(C)C(OC(CO)CCO)C(C)O.C=CC(=C\C/C(O)=C\C)/C(=C/C)CC.CC1C(SCC(O)c2ccc(F)cc2)C(OF)N1c1ccccc1. The Kier molecular flexibility index (Phi) is 23.0. The molecule has 0 saturated carbocycles. The first-order chi connectivity index (χ1) is 24.8. The molecule has 11 heteroatoms. The summed E-state index contributed by atoms with van der Waals surface area (Å²) < 4.78 is 31.4. The minimum atomic E-state index is -0.728. The van der Waals surface area contributed by atoms with E-state index in [1.165, 1.54) is 29.5 Å². The summed E-state index contributed by atoms with van der Waals surface area (Å²) in [6.45, 7) is 18.6. The molecule has 1 aliphatic rings. The van der Waals surface area contributed by atoms with Crippen LogP contribution in [0.25, 0.3) is 0 Å². The number of halogens is 2. The first-order valence-electron chi connectivity index (χ1n) is 17.5. The van der Waals surface area contributed by atoms with Gasteiger partial charge in [-0.05, 0) is 105 Å². The summed E-state index contributed by atoms with van der Waals surface area (Å²) >= 11 is 1.46. The maximum absolute atomic E-state index is 13.0. The Morgan fingerprint density at radius 2 is 1.69 bits per heavy atom. The fourth-order valence-electron chi connectivity index (χ4n) is 5.41. The molecule has 3 rings (SSSR count). The predicted molar refractivity (Wildman–Crippen MR) is 209 cm³/mol. The zero-order chi connectivity index (χ0) is 39.2. The molecule has 0 bridgehead atoms. The molecule has 0 radical (unpaired) electrons. The van der Waals surface area contributed by atoms with Gasteiger partial charge in [0, 0.05) is 30.5 Å². The highest BCUT2D eigenvalue weighted by molar-refractivity contribution is 8.00. The molecule has 1 heterocycles. The Hall–Kier alpha value is -3.29. The van der Waals surface area contributed by atoms with Crippen molar-refractivity contribution in [3.8, 4) is 0 Å². The van der Waals surface area contributed by atoms with Gasteiger partial charge in [0.25, 0.3) is 0 Å². The van der Waals surface area contributed by atoms with Gasteiger partial charge in [-0.1, -0.05) is 68.6 Å². The van der Waals surface area contributed by atoms with E-state index in [1.54, 1.807) is 32.1 Å². The first-order valence-corrected chi connectivity index (χ1v) is 18.6. The molecule has 1 aliphatic heterocycles. The summed E-state index contributed by atoms with van der Waals surface area (Å²) in [5, 5.41) is 46.4. The highest BCUT2D eigenvalue weighted by Gasteiger charge is 2.48. The molecule has 0 spiro atoms. The Morgan fingerprint density at radius 1 is 1.06 bits per heavy atom. The minimum absolute atomic E-state index is 0.0477. The smallest absolute Gasteiger partial charge is 0.184 e. The Bertz CT molecular complexity index is 1400. The zero-order valence-electron chi connectivity index (χ0n) is 31.4. The van der Waals surface area contributed by atoms with Crippen molar-refractivity contribution >= 4 is 17.4 Å². The van der Waals surface area contributed by atoms with Crippen LogP contribution in [-0.2, 0) is 9.68 Å². The van der Waals surface area contributed by atoms with Crippen LogP contribution in [0.3, 0.4) is 0 Å². The van der Waals surface area contributed by atoms with Gasteiger partial charge < -0.3 is 35.2 Å². The summed E-state index contributed by atoms with van der Waals surface area (Å²) in [6.07, 6.45) is 6.55. The largest absolute Gasteiger partial charge is 0.512 e. The monoisotopic (exact) mass is 747 g/mol. The third-order valence-electron chi connectivity index (χ3n) is 8.42. The number of thioether (sulfide) groups is 1. The normalized spacial score (nSPS) is 19.9. The number of allylic oxidation sites excluding steroid dienone is 6. The molecule has 8 nitrogen and oxygen atoms in total. The van der Waals surface area contributed by atoms with E-state index in [-0.39, 0.29) is 30.3 Å². The van der Waals surface area contributed by atoms with Crippen molar-refractivity contribution in [2.75, 3.05) is 23.9 Å². The molecule has 1 saturated heterocycles. The van der Waals surface area contributed by atoms with E-state index in [0.717, 1.165) is 17.7 Å². The minimum Gasteiger partial charge on any atom is -0.512 e. The average Bonchev–Trinajstić information content (AvgIpc) is 3.14. The van der Waals surface area contributed by atoms with Gasteiger partial charge in [0.2, 0.25) is 0 Å². The summed E-state index contributed by atoms with van der Waals surface area (Å²) in [5.41, 5.74) is 4.64. The third-order valence-corrected chi connectivity index (χ3v) is 9.94. The van der Waals surface area contributed by atoms with Crippen molar-refractivity contribution in [3.63, 3.8) is 0 Å². The third kappa shape index (κ3) is 15.4. The van der Waals surface area contributed by atoms with Gasteiger partial charge >= 0.3 is 0 Å². The van der Waals surface area contributed by atoms with Crippen LogP contribution in [0.15, 0.2) is 115 Å². The second-order valence-electron chi connectivity index (χ2n) is 12.3. The molecule has 5 N–H and O–H groups in total. The van der Waals surface area contributed by atoms with E-state index in [4.69, 9.17) is 14.9 Å². The highest BCUT2D eigenvalue weighted by atomic mass is 32.2. The number of nitrogens with zero attached hydrogens (tertiary/aromatic N) is 1. The van der Waals surface area contributed by atoms with Gasteiger partial charge in [-0.3, -0.25) is 0 Å². The summed E-state index contributed by atoms with van der Waals surface area (Å²) in [6, 6.07) is 15.4. The van der Waals surface area contributed by atoms with Gasteiger partial charge in [-0.2, -0.15) is 4.94 Å². The molecule has 2 aromatic rings. The summed E-state index contributed by atoms with van der Waals surface area (Å²) in [4.78, 5) is 6.04. The van der Waals surface area contributed by atoms with Crippen molar-refractivity contribution in [2.24, 2.45) is 0 Å². The van der Waals surface area contributed by atoms with Gasteiger partial charge in [-0.15, -0.1) is 11.8 Å². The second-order valence-corrected chi connectivity index (χ2v) is 13.5. The van der Waals surface area contributed by atoms with E-state index in [1.807, 2.05) is 68.2 Å². The molecular weight excluding hydrogens is 689 g/mol. The van der Waals surface area contributed by atoms with Crippen LogP contribution in [0.4, 0.5) is 14.6 Å². The number of aliphatic hydroxyl groups excluding tert-OH is 5. The number of hydrogen-bond donors (Lipinski definition) is 5. The highest BCUT2D eigenvalue weighted by Crippen LogP contribution is 2.41. The van der Waals surface area contributed by atoms with E-state index in [9.17, 15) is 24.2 Å². The standard InChI is InChI=1S/C18H19F2NO2S.C13H20O.C10H20O4/c1-12-17(18(23-20)21(12)15-5-3-2-4-6-15)24-11-16(22)13-7-9-14(19)10-8-13;1-5-11(6-2)12(7-3)9-10-13(14)8-4;1-7(2)10(8(3)13)14-9(6-12)4-5-11/h2-10,12,16-18,22H,11H2,1H3;5,7-9,14H,3,6,10H2,1-2,4H3;8-13H,1,4-6H2,2-3H3/b;11-5+,12-9+,13-8+;. The maximum atomic E-state index is 13.0. The lowest BCUT2D eigenvalue weighted by Gasteiger charge is -2.52. The molecule has 7 atom stereocenters. The van der Waals surface area contributed by atoms with Crippen LogP contribution in [0.5, 0.6) is 0 Å². The lowest BCUT2D eigenvalue weighted by molar-refractivity contribution is -0.198. The van der Waals surface area contributed by atoms with E-state index in [0.29, 0.717) is 35.5 Å². The van der Waals surface area contributed by atoms with Crippen LogP contribution in [0.2, 0.25) is 0 Å². The van der Waals surface area contributed by atoms with Gasteiger partial charge in [0.1, 0.15) is 11.9 Å². The fourth-order valence-corrected chi connectivity index (χ4v) is 6.76. The number of hydrogen-bond acceptors (Lipinski definition) is 9. The molecule has 0 amide bonds. The second kappa shape index (κ2) is 25.6. The lowest BCUT2D eigenvalue weighted by atomic mass is 10.0. The zero-order valence-corrected chi connectivity index (χ0v) is 32.2. The average molecular weight is 748 g/mol. The number of benzene rings is 2. The van der Waals surface area contributed by atoms with Crippen LogP contribution in [0.1, 0.15) is 72.5 Å². The van der Waals surface area contributed by atoms with Crippen LogP contribution in [0, 0.1) is 5.82 Å². The van der Waals surface area contributed by atoms with E-state index >= 15 is 0 Å². The summed E-state index contributed by atoms with van der Waals surface area (Å²) in [7, 11) is 0. The molecule has 0 aliphatic carbocycles. The number of aliphatic hydroxyl groups is 5. The van der Waals surface area contributed by atoms with E-state index in [2.05, 4.69) is 31.1 Å². The molecular formula is C41H59F2NO7S. The predicted octanol–water partition coefficient (Wildman–Crippen LogP) is 8.48. The first kappa shape index (κ1) is 46.7. The van der Waals surface area contributed by atoms with Gasteiger partial charge in [0.05, 0.1) is 35.9 Å². The Labute approximate surface area is 313 Å². The molecule has 290 valence electrons. The van der Waals surface area contributed by atoms with Crippen molar-refractivity contribution in [1.82, 2.24) is 0 Å². The van der Waals surface area contributed by atoms with Crippen LogP contribution in [-0.4, -0.2) is 80.3 Å². The quantitative estimate of drug-likeness (QED) is 0.0581. The number of ether oxygens (including phenoxy) is 1. The van der Waals surface area contributed by atoms with Crippen LogP contribution >= 0.6 is 11.8 Å². The van der Waals surface area contributed by atoms with Crippen molar-refractivity contribution in [3.05, 3.63) is 126 Å². The molecule has 7 unspecified atom stereocenters. The molecule has 52 heavy (non-hydrogen) atoms. The Morgan fingerprint density at radius 3 is 2.15 bits per heavy atom. The van der Waals surface area contributed by atoms with Crippen molar-refractivity contribution < 1.29 is 44.1 Å². The van der Waals surface area contributed by atoms with Gasteiger partial charge in [-0.25, -0.2) is 4.39 Å². The van der Waals surface area contributed by atoms with Gasteiger partial charge in [0.15, 0.2) is 6.23 Å². The molecule has 2 aromatic carbocycles. The van der Waals surface area contributed by atoms with Crippen molar-refractivity contribution in [2.45, 2.75) is 103 Å². The number of anilines is 1. The fraction of sp³-hybridized carbons (Fsp3) is 0.463. The Balaban J connectivity index is 0.000000419.